The van der Waals surface area contributed by atoms with Crippen LogP contribution >= 0.6 is 11.3 Å². The van der Waals surface area contributed by atoms with Gasteiger partial charge in [-0.2, -0.15) is 0 Å². The maximum Gasteiger partial charge on any atom is 0.413 e. The van der Waals surface area contributed by atoms with E-state index < -0.39 is 30.5 Å². The van der Waals surface area contributed by atoms with Crippen LogP contribution in [-0.4, -0.2) is 39.6 Å². The molecule has 2 aromatic rings. The van der Waals surface area contributed by atoms with Crippen molar-refractivity contribution < 1.29 is 24.5 Å². The quantitative estimate of drug-likeness (QED) is 0.682. The molecule has 7 nitrogen and oxygen atoms in total. The number of nitrogens with one attached hydrogen (secondary N) is 1. The van der Waals surface area contributed by atoms with Crippen molar-refractivity contribution in [2.24, 2.45) is 0 Å². The molecule has 0 saturated carbocycles. The molecule has 8 heteroatoms. The Bertz CT molecular complexity index is 699. The Morgan fingerprint density at radius 1 is 1.31 bits per heavy atom. The van der Waals surface area contributed by atoms with Crippen molar-refractivity contribution in [3.05, 3.63) is 47.0 Å². The predicted octanol–water partition coefficient (Wildman–Crippen LogP) is 3.10. The molecule has 0 fully saturated rings. The third-order valence-corrected chi connectivity index (χ3v) is 4.01. The first-order valence-electron chi connectivity index (χ1n) is 8.18. The van der Waals surface area contributed by atoms with Gasteiger partial charge in [-0.05, 0) is 26.3 Å². The summed E-state index contributed by atoms with van der Waals surface area (Å²) in [7, 11) is 0. The fourth-order valence-corrected chi connectivity index (χ4v) is 2.83. The van der Waals surface area contributed by atoms with Crippen molar-refractivity contribution in [1.82, 2.24) is 4.98 Å². The Morgan fingerprint density at radius 3 is 2.62 bits per heavy atom. The highest BCUT2D eigenvalue weighted by molar-refractivity contribution is 7.13. The molecule has 26 heavy (non-hydrogen) atoms. The van der Waals surface area contributed by atoms with Gasteiger partial charge in [0.05, 0.1) is 18.9 Å². The third kappa shape index (κ3) is 6.38. The minimum Gasteiger partial charge on any atom is -0.444 e. The molecule has 0 aliphatic heterocycles. The molecule has 1 aromatic heterocycles. The van der Waals surface area contributed by atoms with Crippen molar-refractivity contribution >= 4 is 22.6 Å². The Labute approximate surface area is 156 Å². The van der Waals surface area contributed by atoms with Crippen molar-refractivity contribution in [1.29, 1.82) is 0 Å². The first-order chi connectivity index (χ1) is 12.3. The number of aliphatic hydroxyl groups excluding tert-OH is 2. The van der Waals surface area contributed by atoms with Gasteiger partial charge < -0.3 is 19.7 Å². The van der Waals surface area contributed by atoms with E-state index in [1.807, 2.05) is 30.3 Å². The fraction of sp³-hybridized carbons (Fsp3) is 0.444. The molecule has 2 atom stereocenters. The monoisotopic (exact) mass is 380 g/mol. The van der Waals surface area contributed by atoms with E-state index in [0.717, 1.165) is 5.56 Å². The van der Waals surface area contributed by atoms with Gasteiger partial charge in [-0.15, -0.1) is 11.3 Å². The summed E-state index contributed by atoms with van der Waals surface area (Å²) in [4.78, 5) is 16.1. The molecule has 0 spiro atoms. The van der Waals surface area contributed by atoms with Crippen LogP contribution in [0.1, 0.15) is 38.1 Å². The van der Waals surface area contributed by atoms with Crippen molar-refractivity contribution in [3.63, 3.8) is 0 Å². The minimum atomic E-state index is -1.13. The van der Waals surface area contributed by atoms with Crippen LogP contribution in [0.15, 0.2) is 35.7 Å². The molecular weight excluding hydrogens is 356 g/mol. The SMILES string of the molecule is CC(C)(C)OC(=O)Nc1nc([C@H](OCc2ccccc2)[C@H](O)CO)cs1. The van der Waals surface area contributed by atoms with Gasteiger partial charge >= 0.3 is 6.09 Å². The number of nitrogens with zero attached hydrogens (tertiary/aromatic N) is 1. The number of thiazole rings is 1. The normalized spacial score (nSPS) is 13.9. The van der Waals surface area contributed by atoms with Crippen LogP contribution in [0.25, 0.3) is 0 Å². The molecule has 1 amide bonds. The fourth-order valence-electron chi connectivity index (χ4n) is 2.11. The summed E-state index contributed by atoms with van der Waals surface area (Å²) in [6, 6.07) is 9.49. The lowest BCUT2D eigenvalue weighted by Gasteiger charge is -2.20. The van der Waals surface area contributed by atoms with E-state index in [1.165, 1.54) is 11.3 Å². The molecule has 3 N–H and O–H groups in total. The standard InChI is InChI=1S/C18H24N2O5S/c1-18(2,3)25-17(23)20-16-19-13(11-26-16)15(14(22)9-21)24-10-12-7-5-4-6-8-12/h4-8,11,14-15,21-22H,9-10H2,1-3H3,(H,19,20,23)/t14-,15+/m1/s1. The van der Waals surface area contributed by atoms with Gasteiger partial charge in [0.25, 0.3) is 0 Å². The van der Waals surface area contributed by atoms with E-state index in [2.05, 4.69) is 10.3 Å². The number of aromatic nitrogens is 1. The van der Waals surface area contributed by atoms with Crippen molar-refractivity contribution in [3.8, 4) is 0 Å². The molecule has 0 aliphatic carbocycles. The Balaban J connectivity index is 2.04. The lowest BCUT2D eigenvalue weighted by atomic mass is 10.1. The molecular formula is C18H24N2O5S. The Hall–Kier alpha value is -2.00. The lowest BCUT2D eigenvalue weighted by molar-refractivity contribution is -0.0689. The van der Waals surface area contributed by atoms with Gasteiger partial charge in [-0.25, -0.2) is 9.78 Å². The number of anilines is 1. The second kappa shape index (κ2) is 9.09. The number of aliphatic hydroxyl groups is 2. The number of benzene rings is 1. The van der Waals surface area contributed by atoms with Crippen LogP contribution in [0, 0.1) is 0 Å². The molecule has 0 radical (unpaired) electrons. The molecule has 0 bridgehead atoms. The van der Waals surface area contributed by atoms with Gasteiger partial charge in [0, 0.05) is 5.38 Å². The summed E-state index contributed by atoms with van der Waals surface area (Å²) in [5.74, 6) is 0. The first-order valence-corrected chi connectivity index (χ1v) is 9.06. The number of hydrogen-bond donors (Lipinski definition) is 3. The predicted molar refractivity (Wildman–Crippen MR) is 99.0 cm³/mol. The molecule has 1 heterocycles. The first kappa shape index (κ1) is 20.3. The van der Waals surface area contributed by atoms with Gasteiger partial charge in [0.15, 0.2) is 5.13 Å². The van der Waals surface area contributed by atoms with Crippen LogP contribution in [0.4, 0.5) is 9.93 Å². The number of hydrogen-bond acceptors (Lipinski definition) is 7. The summed E-state index contributed by atoms with van der Waals surface area (Å²) in [5, 5.41) is 23.9. The summed E-state index contributed by atoms with van der Waals surface area (Å²) in [6.45, 7) is 5.10. The number of carbonyl (C=O) groups excluding carboxylic acids is 1. The molecule has 2 rings (SSSR count). The smallest absolute Gasteiger partial charge is 0.413 e. The molecule has 0 unspecified atom stereocenters. The molecule has 142 valence electrons. The summed E-state index contributed by atoms with van der Waals surface area (Å²) < 4.78 is 10.9. The highest BCUT2D eigenvalue weighted by Gasteiger charge is 2.25. The second-order valence-corrected chi connectivity index (χ2v) is 7.53. The van der Waals surface area contributed by atoms with Crippen LogP contribution in [0.5, 0.6) is 0 Å². The summed E-state index contributed by atoms with van der Waals surface area (Å²) >= 11 is 1.19. The van der Waals surface area contributed by atoms with Gasteiger partial charge in [0.2, 0.25) is 0 Å². The third-order valence-electron chi connectivity index (χ3n) is 3.23. The van der Waals surface area contributed by atoms with Gasteiger partial charge in [-0.3, -0.25) is 5.32 Å². The van der Waals surface area contributed by atoms with Crippen LogP contribution < -0.4 is 5.32 Å². The van der Waals surface area contributed by atoms with Gasteiger partial charge in [0.1, 0.15) is 17.8 Å². The van der Waals surface area contributed by atoms with E-state index in [9.17, 15) is 15.0 Å². The number of amides is 1. The Morgan fingerprint density at radius 2 is 2.00 bits per heavy atom. The number of ether oxygens (including phenoxy) is 2. The van der Waals surface area contributed by atoms with E-state index >= 15 is 0 Å². The average Bonchev–Trinajstić information content (AvgIpc) is 3.02. The van der Waals surface area contributed by atoms with E-state index in [-0.39, 0.29) is 6.61 Å². The molecule has 1 aromatic carbocycles. The zero-order valence-corrected chi connectivity index (χ0v) is 15.8. The van der Waals surface area contributed by atoms with Crippen LogP contribution in [0.2, 0.25) is 0 Å². The van der Waals surface area contributed by atoms with Crippen molar-refractivity contribution in [2.45, 2.75) is 45.2 Å². The molecule has 0 aliphatic rings. The van der Waals surface area contributed by atoms with E-state index in [1.54, 1.807) is 26.2 Å². The highest BCUT2D eigenvalue weighted by Crippen LogP contribution is 2.27. The Kier molecular flexibility index (Phi) is 7.10. The topological polar surface area (TPSA) is 101 Å². The van der Waals surface area contributed by atoms with E-state index in [4.69, 9.17) is 9.47 Å². The largest absolute Gasteiger partial charge is 0.444 e. The highest BCUT2D eigenvalue weighted by atomic mass is 32.1. The van der Waals surface area contributed by atoms with Gasteiger partial charge in [-0.1, -0.05) is 30.3 Å². The second-order valence-electron chi connectivity index (χ2n) is 6.67. The summed E-state index contributed by atoms with van der Waals surface area (Å²) in [5.41, 5.74) is 0.752. The molecule has 0 saturated heterocycles. The van der Waals surface area contributed by atoms with E-state index in [0.29, 0.717) is 10.8 Å². The average molecular weight is 380 g/mol. The van der Waals surface area contributed by atoms with Crippen LogP contribution in [-0.2, 0) is 16.1 Å². The maximum atomic E-state index is 11.8. The number of rotatable bonds is 7. The minimum absolute atomic E-state index is 0.259. The van der Waals surface area contributed by atoms with Crippen LogP contribution in [0.3, 0.4) is 0 Å². The van der Waals surface area contributed by atoms with Crippen molar-refractivity contribution in [2.75, 3.05) is 11.9 Å². The summed E-state index contributed by atoms with van der Waals surface area (Å²) in [6.07, 6.45) is -2.55. The maximum absolute atomic E-state index is 11.8. The number of carbonyl (C=O) groups is 1. The zero-order chi connectivity index (χ0) is 19.2. The lowest BCUT2D eigenvalue weighted by Crippen LogP contribution is -2.27. The zero-order valence-electron chi connectivity index (χ0n) is 15.0.